The molecule has 222 valence electrons. The minimum atomic E-state index is -4.07. The van der Waals surface area contributed by atoms with E-state index >= 15 is 0 Å². The third-order valence-electron chi connectivity index (χ3n) is 8.53. The SMILES string of the molecule is O=C(O)c1sc(-c2ccccc2)cc1N1C(=O)CN(S(=O)(=O)c2ccc(N3CCC(F)C3)nc2)CC1C1CCCCC1. The summed E-state index contributed by atoms with van der Waals surface area (Å²) in [5.74, 6) is -1.02. The molecule has 2 unspecified atom stereocenters. The molecule has 6 rings (SSSR count). The molecule has 0 bridgehead atoms. The second kappa shape index (κ2) is 11.7. The molecule has 42 heavy (non-hydrogen) atoms. The number of halogens is 1. The van der Waals surface area contributed by atoms with Crippen molar-refractivity contribution in [1.29, 1.82) is 0 Å². The molecule has 3 aliphatic rings. The molecular weight excluding hydrogens is 579 g/mol. The van der Waals surface area contributed by atoms with Crippen LogP contribution in [-0.2, 0) is 14.8 Å². The van der Waals surface area contributed by atoms with Gasteiger partial charge in [-0.05, 0) is 48.9 Å². The number of pyridine rings is 1. The fourth-order valence-corrected chi connectivity index (χ4v) is 8.73. The number of sulfonamides is 1. The van der Waals surface area contributed by atoms with Gasteiger partial charge >= 0.3 is 5.97 Å². The van der Waals surface area contributed by atoms with Gasteiger partial charge in [0.25, 0.3) is 0 Å². The van der Waals surface area contributed by atoms with Crippen molar-refractivity contribution < 1.29 is 27.5 Å². The molecule has 12 heteroatoms. The number of carboxylic acid groups (broad SMARTS) is 1. The highest BCUT2D eigenvalue weighted by Gasteiger charge is 2.44. The first kappa shape index (κ1) is 28.8. The van der Waals surface area contributed by atoms with E-state index in [0.717, 1.165) is 53.9 Å². The number of aromatic nitrogens is 1. The average Bonchev–Trinajstić information content (AvgIpc) is 3.65. The second-order valence-electron chi connectivity index (χ2n) is 11.2. The second-order valence-corrected chi connectivity index (χ2v) is 14.2. The van der Waals surface area contributed by atoms with Gasteiger partial charge in [0.05, 0.1) is 24.8 Å². The van der Waals surface area contributed by atoms with Gasteiger partial charge in [0.1, 0.15) is 21.8 Å². The number of carbonyl (C=O) groups excluding carboxylic acids is 1. The molecule has 3 aromatic rings. The largest absolute Gasteiger partial charge is 0.477 e. The Hall–Kier alpha value is -3.35. The molecule has 1 amide bonds. The Kier molecular flexibility index (Phi) is 8.03. The summed E-state index contributed by atoms with van der Waals surface area (Å²) in [4.78, 5) is 34.7. The molecule has 1 N–H and O–H groups in total. The number of alkyl halides is 1. The van der Waals surface area contributed by atoms with Gasteiger partial charge in [0, 0.05) is 24.2 Å². The zero-order valence-corrected chi connectivity index (χ0v) is 24.7. The van der Waals surface area contributed by atoms with Crippen LogP contribution < -0.4 is 9.80 Å². The molecule has 2 atom stereocenters. The highest BCUT2D eigenvalue weighted by Crippen LogP contribution is 2.42. The molecule has 1 aliphatic carbocycles. The molecule has 0 spiro atoms. The van der Waals surface area contributed by atoms with E-state index in [4.69, 9.17) is 0 Å². The first-order chi connectivity index (χ1) is 20.2. The number of nitrogens with zero attached hydrogens (tertiary/aromatic N) is 4. The average molecular weight is 613 g/mol. The van der Waals surface area contributed by atoms with Crippen molar-refractivity contribution in [3.05, 3.63) is 59.6 Å². The Balaban J connectivity index is 1.33. The van der Waals surface area contributed by atoms with E-state index < -0.39 is 40.7 Å². The van der Waals surface area contributed by atoms with Gasteiger partial charge < -0.3 is 14.9 Å². The lowest BCUT2D eigenvalue weighted by Crippen LogP contribution is -2.60. The van der Waals surface area contributed by atoms with Crippen LogP contribution in [0.15, 0.2) is 59.6 Å². The topological polar surface area (TPSA) is 111 Å². The molecular formula is C30H33FN4O5S2. The summed E-state index contributed by atoms with van der Waals surface area (Å²) in [6.45, 7) is 0.405. The van der Waals surface area contributed by atoms with E-state index in [1.165, 1.54) is 16.6 Å². The highest BCUT2D eigenvalue weighted by molar-refractivity contribution is 7.89. The standard InChI is InChI=1S/C30H33FN4O5S2/c31-22-13-14-33(17-22)27-12-11-23(16-32-27)42(39,40)34-18-25(20-7-3-1-4-8-20)35(28(36)19-34)24-15-26(41-29(24)30(37)38)21-9-5-2-6-10-21/h2,5-6,9-12,15-16,20,22,25H,1,3-4,7-8,13-14,17-19H2,(H,37,38). The molecule has 2 saturated heterocycles. The van der Waals surface area contributed by atoms with Gasteiger partial charge in [-0.15, -0.1) is 11.3 Å². The van der Waals surface area contributed by atoms with Crippen molar-refractivity contribution >= 4 is 44.7 Å². The number of piperazine rings is 1. The van der Waals surface area contributed by atoms with Gasteiger partial charge in [-0.2, -0.15) is 4.31 Å². The van der Waals surface area contributed by atoms with Crippen molar-refractivity contribution in [2.45, 2.75) is 55.6 Å². The lowest BCUT2D eigenvalue weighted by atomic mass is 9.82. The summed E-state index contributed by atoms with van der Waals surface area (Å²) in [6, 6.07) is 13.7. The van der Waals surface area contributed by atoms with Crippen molar-refractivity contribution in [3.8, 4) is 10.4 Å². The van der Waals surface area contributed by atoms with Crippen molar-refractivity contribution in [2.24, 2.45) is 5.92 Å². The van der Waals surface area contributed by atoms with Crippen LogP contribution in [0.4, 0.5) is 15.9 Å². The number of carbonyl (C=O) groups is 2. The van der Waals surface area contributed by atoms with Crippen LogP contribution in [0, 0.1) is 5.92 Å². The van der Waals surface area contributed by atoms with E-state index in [1.54, 1.807) is 21.9 Å². The summed E-state index contributed by atoms with van der Waals surface area (Å²) in [5.41, 5.74) is 1.18. The van der Waals surface area contributed by atoms with E-state index in [1.807, 2.05) is 30.3 Å². The van der Waals surface area contributed by atoms with Crippen LogP contribution in [0.3, 0.4) is 0 Å². The predicted molar refractivity (Wildman–Crippen MR) is 159 cm³/mol. The monoisotopic (exact) mass is 612 g/mol. The summed E-state index contributed by atoms with van der Waals surface area (Å²) >= 11 is 1.12. The Morgan fingerprint density at radius 1 is 1.02 bits per heavy atom. The minimum Gasteiger partial charge on any atom is -0.477 e. The molecule has 4 heterocycles. The Bertz CT molecular complexity index is 1560. The number of hydrogen-bond donors (Lipinski definition) is 1. The zero-order chi connectivity index (χ0) is 29.4. The van der Waals surface area contributed by atoms with Crippen LogP contribution in [0.25, 0.3) is 10.4 Å². The third kappa shape index (κ3) is 5.55. The smallest absolute Gasteiger partial charge is 0.348 e. The van der Waals surface area contributed by atoms with Gasteiger partial charge in [0.15, 0.2) is 0 Å². The first-order valence-corrected chi connectivity index (χ1v) is 16.6. The maximum absolute atomic E-state index is 13.9. The molecule has 9 nitrogen and oxygen atoms in total. The number of benzene rings is 1. The predicted octanol–water partition coefficient (Wildman–Crippen LogP) is 5.04. The van der Waals surface area contributed by atoms with Crippen LogP contribution in [0.2, 0.25) is 0 Å². The summed E-state index contributed by atoms with van der Waals surface area (Å²) in [7, 11) is -4.07. The van der Waals surface area contributed by atoms with Gasteiger partial charge in [-0.25, -0.2) is 22.6 Å². The number of hydrogen-bond acceptors (Lipinski definition) is 7. The minimum absolute atomic E-state index is 0.0287. The van der Waals surface area contributed by atoms with E-state index in [9.17, 15) is 27.5 Å². The van der Waals surface area contributed by atoms with Crippen molar-refractivity contribution in [2.75, 3.05) is 36.0 Å². The lowest BCUT2D eigenvalue weighted by Gasteiger charge is -2.44. The van der Waals surface area contributed by atoms with Crippen LogP contribution >= 0.6 is 11.3 Å². The molecule has 1 aromatic carbocycles. The number of aromatic carboxylic acids is 1. The van der Waals surface area contributed by atoms with Crippen molar-refractivity contribution in [3.63, 3.8) is 0 Å². The van der Waals surface area contributed by atoms with Gasteiger partial charge in [-0.3, -0.25) is 4.79 Å². The number of carboxylic acids is 1. The summed E-state index contributed by atoms with van der Waals surface area (Å²) < 4.78 is 42.5. The summed E-state index contributed by atoms with van der Waals surface area (Å²) in [6.07, 6.45) is 5.46. The van der Waals surface area contributed by atoms with Crippen LogP contribution in [-0.4, -0.2) is 73.1 Å². The molecule has 2 aromatic heterocycles. The molecule has 2 aliphatic heterocycles. The summed E-state index contributed by atoms with van der Waals surface area (Å²) in [5, 5.41) is 10.1. The highest BCUT2D eigenvalue weighted by atomic mass is 32.2. The normalized spacial score (nSPS) is 22.5. The van der Waals surface area contributed by atoms with Gasteiger partial charge in [-0.1, -0.05) is 49.6 Å². The number of amides is 1. The first-order valence-electron chi connectivity index (χ1n) is 14.3. The number of thiophene rings is 1. The number of anilines is 2. The Labute approximate surface area is 248 Å². The maximum Gasteiger partial charge on any atom is 0.348 e. The molecule has 1 saturated carbocycles. The van der Waals surface area contributed by atoms with Gasteiger partial charge in [0.2, 0.25) is 15.9 Å². The fraction of sp³-hybridized carbons (Fsp3) is 0.433. The molecule has 3 fully saturated rings. The fourth-order valence-electron chi connectivity index (χ4n) is 6.39. The maximum atomic E-state index is 13.9. The van der Waals surface area contributed by atoms with E-state index in [0.29, 0.717) is 24.5 Å². The van der Waals surface area contributed by atoms with E-state index in [-0.39, 0.29) is 28.8 Å². The Morgan fingerprint density at radius 2 is 1.79 bits per heavy atom. The number of rotatable bonds is 7. The Morgan fingerprint density at radius 3 is 2.43 bits per heavy atom. The lowest BCUT2D eigenvalue weighted by molar-refractivity contribution is -0.121. The molecule has 0 radical (unpaired) electrons. The van der Waals surface area contributed by atoms with E-state index in [2.05, 4.69) is 4.98 Å². The van der Waals surface area contributed by atoms with Crippen LogP contribution in [0.5, 0.6) is 0 Å². The van der Waals surface area contributed by atoms with Crippen molar-refractivity contribution in [1.82, 2.24) is 9.29 Å². The zero-order valence-electron chi connectivity index (χ0n) is 23.1. The third-order valence-corrected chi connectivity index (χ3v) is 11.5. The quantitative estimate of drug-likeness (QED) is 0.398. The van der Waals surface area contributed by atoms with Crippen LogP contribution in [0.1, 0.15) is 48.2 Å².